The first-order valence-electron chi connectivity index (χ1n) is 11.1. The van der Waals surface area contributed by atoms with Crippen LogP contribution in [0.25, 0.3) is 0 Å². The summed E-state index contributed by atoms with van der Waals surface area (Å²) in [5, 5.41) is 6.67. The maximum atomic E-state index is 11.7. The number of likely N-dealkylation sites (tertiary alicyclic amines) is 1. The molecule has 4 aliphatic rings. The number of nitrogens with one attached hydrogen (secondary N) is 2. The summed E-state index contributed by atoms with van der Waals surface area (Å²) in [5.41, 5.74) is 0.354. The second-order valence-corrected chi connectivity index (χ2v) is 8.91. The highest BCUT2D eigenvalue weighted by Crippen LogP contribution is 2.60. The van der Waals surface area contributed by atoms with Crippen LogP contribution in [0.4, 0.5) is 0 Å². The minimum atomic E-state index is 0.166. The smallest absolute Gasteiger partial charge is 0.220 e. The molecule has 3 unspecified atom stereocenters. The normalized spacial score (nSPS) is 33.0. The first kappa shape index (κ1) is 19.0. The molecular formula is C21H36N4O2. The van der Waals surface area contributed by atoms with Gasteiger partial charge in [-0.25, -0.2) is 0 Å². The largest absolute Gasteiger partial charge is 0.377 e. The minimum absolute atomic E-state index is 0.166. The summed E-state index contributed by atoms with van der Waals surface area (Å²) in [6.45, 7) is 5.86. The summed E-state index contributed by atoms with van der Waals surface area (Å²) in [4.78, 5) is 18.9. The predicted octanol–water partition coefficient (Wildman–Crippen LogP) is 2.15. The molecule has 0 aromatic heterocycles. The Kier molecular flexibility index (Phi) is 5.62. The van der Waals surface area contributed by atoms with Crippen molar-refractivity contribution in [1.82, 2.24) is 15.5 Å². The van der Waals surface area contributed by atoms with Crippen LogP contribution in [0.1, 0.15) is 58.3 Å². The monoisotopic (exact) mass is 376 g/mol. The molecular weight excluding hydrogens is 340 g/mol. The molecule has 2 heterocycles. The summed E-state index contributed by atoms with van der Waals surface area (Å²) in [5.74, 6) is 2.42. The van der Waals surface area contributed by atoms with Gasteiger partial charge in [0.2, 0.25) is 5.91 Å². The van der Waals surface area contributed by atoms with E-state index in [1.807, 2.05) is 0 Å². The van der Waals surface area contributed by atoms with Crippen molar-refractivity contribution in [2.75, 3.05) is 33.3 Å². The van der Waals surface area contributed by atoms with Crippen LogP contribution in [0.2, 0.25) is 0 Å². The topological polar surface area (TPSA) is 66.0 Å². The second-order valence-electron chi connectivity index (χ2n) is 8.91. The van der Waals surface area contributed by atoms with E-state index in [1.54, 1.807) is 7.05 Å². The van der Waals surface area contributed by atoms with Gasteiger partial charge in [0, 0.05) is 57.1 Å². The van der Waals surface area contributed by atoms with Gasteiger partial charge in [0.25, 0.3) is 0 Å². The lowest BCUT2D eigenvalue weighted by Crippen LogP contribution is -2.69. The number of ether oxygens (including phenoxy) is 1. The van der Waals surface area contributed by atoms with E-state index in [1.165, 1.54) is 32.1 Å². The number of rotatable bonds is 4. The molecule has 2 aliphatic carbocycles. The van der Waals surface area contributed by atoms with Gasteiger partial charge in [0.15, 0.2) is 5.96 Å². The molecule has 1 amide bonds. The highest BCUT2D eigenvalue weighted by Gasteiger charge is 2.65. The Bertz CT molecular complexity index is 565. The second kappa shape index (κ2) is 7.98. The molecule has 0 aromatic carbocycles. The highest BCUT2D eigenvalue weighted by molar-refractivity contribution is 5.81. The average molecular weight is 377 g/mol. The molecule has 3 atom stereocenters. The number of guanidine groups is 1. The Morgan fingerprint density at radius 1 is 1.22 bits per heavy atom. The van der Waals surface area contributed by atoms with Crippen LogP contribution in [-0.4, -0.2) is 62.2 Å². The van der Waals surface area contributed by atoms with E-state index in [4.69, 9.17) is 9.73 Å². The first-order chi connectivity index (χ1) is 13.2. The van der Waals surface area contributed by atoms with Gasteiger partial charge in [-0.1, -0.05) is 12.8 Å². The van der Waals surface area contributed by atoms with E-state index < -0.39 is 0 Å². The molecule has 2 saturated carbocycles. The van der Waals surface area contributed by atoms with Crippen molar-refractivity contribution in [2.24, 2.45) is 22.2 Å². The molecule has 27 heavy (non-hydrogen) atoms. The van der Waals surface area contributed by atoms with E-state index in [0.29, 0.717) is 35.8 Å². The quantitative estimate of drug-likeness (QED) is 0.583. The van der Waals surface area contributed by atoms with Gasteiger partial charge < -0.3 is 20.3 Å². The third-order valence-corrected chi connectivity index (χ3v) is 7.55. The molecule has 4 rings (SSSR count). The lowest BCUT2D eigenvalue weighted by Gasteiger charge is -2.57. The fourth-order valence-corrected chi connectivity index (χ4v) is 6.14. The number of carbonyl (C=O) groups is 1. The number of piperidine rings is 1. The Morgan fingerprint density at radius 3 is 2.63 bits per heavy atom. The molecule has 4 fully saturated rings. The molecule has 1 spiro atoms. The van der Waals surface area contributed by atoms with Crippen LogP contribution >= 0.6 is 0 Å². The lowest BCUT2D eigenvalue weighted by molar-refractivity contribution is -0.125. The van der Waals surface area contributed by atoms with Crippen molar-refractivity contribution >= 4 is 11.9 Å². The van der Waals surface area contributed by atoms with Crippen molar-refractivity contribution in [3.05, 3.63) is 0 Å². The van der Waals surface area contributed by atoms with Crippen molar-refractivity contribution in [3.63, 3.8) is 0 Å². The Labute approximate surface area is 163 Å². The minimum Gasteiger partial charge on any atom is -0.377 e. The Hall–Kier alpha value is -1.30. The van der Waals surface area contributed by atoms with E-state index in [-0.39, 0.29) is 5.91 Å². The molecule has 0 aromatic rings. The van der Waals surface area contributed by atoms with Gasteiger partial charge in [0.05, 0.1) is 6.10 Å². The molecule has 152 valence electrons. The number of fused-ring (bicyclic) bond motifs is 2. The zero-order valence-corrected chi connectivity index (χ0v) is 17.0. The molecule has 2 N–H and O–H groups in total. The molecule has 6 heteroatoms. The van der Waals surface area contributed by atoms with Crippen molar-refractivity contribution < 1.29 is 9.53 Å². The summed E-state index contributed by atoms with van der Waals surface area (Å²) in [6, 6.07) is 0.529. The molecule has 0 radical (unpaired) electrons. The SMILES string of the molecule is CCN=C(NC1C2CCOC2C12CCCC2)N1CCC(CC(=O)NC)CC1. The van der Waals surface area contributed by atoms with Crippen LogP contribution in [0.15, 0.2) is 4.99 Å². The van der Waals surface area contributed by atoms with Gasteiger partial charge in [-0.3, -0.25) is 9.79 Å². The summed E-state index contributed by atoms with van der Waals surface area (Å²) in [6.07, 6.45) is 9.78. The highest BCUT2D eigenvalue weighted by atomic mass is 16.5. The maximum Gasteiger partial charge on any atom is 0.220 e. The number of carbonyl (C=O) groups excluding carboxylic acids is 1. The van der Waals surface area contributed by atoms with E-state index >= 15 is 0 Å². The Morgan fingerprint density at radius 2 is 1.96 bits per heavy atom. The van der Waals surface area contributed by atoms with E-state index in [0.717, 1.165) is 45.0 Å². The number of nitrogens with zero attached hydrogens (tertiary/aromatic N) is 2. The van der Waals surface area contributed by atoms with E-state index in [9.17, 15) is 4.79 Å². The molecule has 2 aliphatic heterocycles. The van der Waals surface area contributed by atoms with Gasteiger partial charge in [-0.2, -0.15) is 0 Å². The van der Waals surface area contributed by atoms with Gasteiger partial charge in [-0.05, 0) is 44.9 Å². The fraction of sp³-hybridized carbons (Fsp3) is 0.905. The van der Waals surface area contributed by atoms with E-state index in [2.05, 4.69) is 22.5 Å². The molecule has 0 bridgehead atoms. The zero-order chi connectivity index (χ0) is 18.9. The summed E-state index contributed by atoms with van der Waals surface area (Å²) in [7, 11) is 1.73. The third kappa shape index (κ3) is 3.45. The lowest BCUT2D eigenvalue weighted by atomic mass is 9.54. The first-order valence-corrected chi connectivity index (χ1v) is 11.1. The van der Waals surface area contributed by atoms with Crippen molar-refractivity contribution in [3.8, 4) is 0 Å². The fourth-order valence-electron chi connectivity index (χ4n) is 6.14. The van der Waals surface area contributed by atoms with Crippen molar-refractivity contribution in [2.45, 2.75) is 70.4 Å². The molecule has 6 nitrogen and oxygen atoms in total. The van der Waals surface area contributed by atoms with Crippen LogP contribution < -0.4 is 10.6 Å². The number of hydrogen-bond donors (Lipinski definition) is 2. The molecule has 2 saturated heterocycles. The van der Waals surface area contributed by atoms with Gasteiger partial charge in [0.1, 0.15) is 0 Å². The van der Waals surface area contributed by atoms with Crippen LogP contribution in [0.5, 0.6) is 0 Å². The predicted molar refractivity (Wildman–Crippen MR) is 107 cm³/mol. The van der Waals surface area contributed by atoms with Crippen LogP contribution in [-0.2, 0) is 9.53 Å². The van der Waals surface area contributed by atoms with Crippen molar-refractivity contribution in [1.29, 1.82) is 0 Å². The van der Waals surface area contributed by atoms with Crippen LogP contribution in [0.3, 0.4) is 0 Å². The number of hydrogen-bond acceptors (Lipinski definition) is 3. The standard InChI is InChI=1S/C21H36N4O2/c1-3-23-20(25-11-6-15(7-12-25)14-17(26)22-2)24-18-16-8-13-27-19(16)21(18)9-4-5-10-21/h15-16,18-19H,3-14H2,1-2H3,(H,22,26)(H,23,24). The van der Waals surface area contributed by atoms with Crippen LogP contribution in [0, 0.1) is 17.3 Å². The summed E-state index contributed by atoms with van der Waals surface area (Å²) >= 11 is 0. The average Bonchev–Trinajstić information content (AvgIpc) is 3.34. The van der Waals surface area contributed by atoms with Gasteiger partial charge in [-0.15, -0.1) is 0 Å². The van der Waals surface area contributed by atoms with Gasteiger partial charge >= 0.3 is 0 Å². The third-order valence-electron chi connectivity index (χ3n) is 7.55. The Balaban J connectivity index is 1.39. The zero-order valence-electron chi connectivity index (χ0n) is 17.0. The number of aliphatic imine (C=N–C) groups is 1. The maximum absolute atomic E-state index is 11.7. The number of amides is 1. The summed E-state index contributed by atoms with van der Waals surface area (Å²) < 4.78 is 6.14.